The van der Waals surface area contributed by atoms with Crippen molar-refractivity contribution in [2.75, 3.05) is 0 Å². The van der Waals surface area contributed by atoms with Gasteiger partial charge in [-0.25, -0.2) is 0 Å². The Bertz CT molecular complexity index is 837. The van der Waals surface area contributed by atoms with Crippen LogP contribution in [0.2, 0.25) is 0 Å². The highest BCUT2D eigenvalue weighted by Gasteiger charge is 2.26. The molecule has 0 amide bonds. The summed E-state index contributed by atoms with van der Waals surface area (Å²) in [5, 5.41) is 0. The van der Waals surface area contributed by atoms with Gasteiger partial charge in [0.05, 0.1) is 0 Å². The molecule has 0 aliphatic heterocycles. The number of carbonyl (C=O) groups is 1. The van der Waals surface area contributed by atoms with Crippen LogP contribution in [0.4, 0.5) is 0 Å². The molecule has 0 aliphatic rings. The maximum Gasteiger partial charge on any atom is 0.324 e. The fourth-order valence-electron chi connectivity index (χ4n) is 3.29. The van der Waals surface area contributed by atoms with Crippen molar-refractivity contribution in [1.82, 2.24) is 4.90 Å². The van der Waals surface area contributed by atoms with E-state index in [2.05, 4.69) is 35.7 Å². The third-order valence-corrected chi connectivity index (χ3v) is 4.78. The zero-order valence-corrected chi connectivity index (χ0v) is 16.6. The summed E-state index contributed by atoms with van der Waals surface area (Å²) in [6.07, 6.45) is 2.32. The molecular formula is C26H27NO2. The highest BCUT2D eigenvalue weighted by atomic mass is 16.5. The molecule has 0 spiro atoms. The van der Waals surface area contributed by atoms with E-state index < -0.39 is 6.04 Å². The maximum absolute atomic E-state index is 13.0. The molecule has 0 aliphatic carbocycles. The summed E-state index contributed by atoms with van der Waals surface area (Å²) in [5.41, 5.74) is 3.30. The molecule has 0 fully saturated rings. The van der Waals surface area contributed by atoms with Gasteiger partial charge in [0.1, 0.15) is 12.6 Å². The largest absolute Gasteiger partial charge is 0.460 e. The summed E-state index contributed by atoms with van der Waals surface area (Å²) in [4.78, 5) is 15.2. The van der Waals surface area contributed by atoms with Crippen LogP contribution >= 0.6 is 0 Å². The number of carbonyl (C=O) groups excluding carboxylic acids is 1. The number of benzene rings is 3. The number of ether oxygens (including phenoxy) is 1. The van der Waals surface area contributed by atoms with E-state index >= 15 is 0 Å². The number of rotatable bonds is 10. The first kappa shape index (κ1) is 20.6. The van der Waals surface area contributed by atoms with Crippen molar-refractivity contribution < 1.29 is 9.53 Å². The Labute approximate surface area is 173 Å². The number of hydrogen-bond donors (Lipinski definition) is 0. The van der Waals surface area contributed by atoms with Gasteiger partial charge in [0.15, 0.2) is 0 Å². The monoisotopic (exact) mass is 385 g/mol. The minimum absolute atomic E-state index is 0.222. The summed E-state index contributed by atoms with van der Waals surface area (Å²) >= 11 is 0. The molecule has 0 aromatic heterocycles. The molecule has 1 unspecified atom stereocenters. The highest BCUT2D eigenvalue weighted by molar-refractivity contribution is 5.76. The van der Waals surface area contributed by atoms with Crippen molar-refractivity contribution in [1.29, 1.82) is 0 Å². The quantitative estimate of drug-likeness (QED) is 0.347. The van der Waals surface area contributed by atoms with Crippen LogP contribution in [0, 0.1) is 0 Å². The Morgan fingerprint density at radius 2 is 1.24 bits per heavy atom. The second-order valence-electron chi connectivity index (χ2n) is 7.01. The Balaban J connectivity index is 1.78. The van der Waals surface area contributed by atoms with Gasteiger partial charge in [0, 0.05) is 13.1 Å². The fraction of sp³-hybridized carbons (Fsp3) is 0.192. The molecule has 29 heavy (non-hydrogen) atoms. The first-order chi connectivity index (χ1) is 14.3. The Morgan fingerprint density at radius 1 is 0.793 bits per heavy atom. The molecule has 3 aromatic rings. The van der Waals surface area contributed by atoms with E-state index in [0.29, 0.717) is 19.5 Å². The van der Waals surface area contributed by atoms with Crippen LogP contribution in [0.15, 0.2) is 104 Å². The van der Waals surface area contributed by atoms with Crippen LogP contribution in [-0.4, -0.2) is 16.9 Å². The maximum atomic E-state index is 13.0. The van der Waals surface area contributed by atoms with E-state index in [0.717, 1.165) is 16.7 Å². The van der Waals surface area contributed by atoms with E-state index in [-0.39, 0.29) is 12.6 Å². The standard InChI is InChI=1S/C26H27NO2/c1-2-12-25(26(28)29-21-24-17-10-5-11-18-24)27(19-22-13-6-3-7-14-22)20-23-15-8-4-9-16-23/h2-11,13-18,25H,1,12,19-21H2. The molecule has 3 nitrogen and oxygen atoms in total. The van der Waals surface area contributed by atoms with E-state index in [1.165, 1.54) is 0 Å². The predicted molar refractivity (Wildman–Crippen MR) is 117 cm³/mol. The normalized spacial score (nSPS) is 11.8. The van der Waals surface area contributed by atoms with Crippen LogP contribution in [-0.2, 0) is 29.2 Å². The highest BCUT2D eigenvalue weighted by Crippen LogP contribution is 2.18. The molecule has 0 bridgehead atoms. The van der Waals surface area contributed by atoms with Crippen molar-refractivity contribution >= 4 is 5.97 Å². The van der Waals surface area contributed by atoms with Gasteiger partial charge in [0.25, 0.3) is 0 Å². The van der Waals surface area contributed by atoms with Crippen LogP contribution < -0.4 is 0 Å². The Morgan fingerprint density at radius 3 is 1.69 bits per heavy atom. The minimum atomic E-state index is -0.392. The lowest BCUT2D eigenvalue weighted by molar-refractivity contribution is -0.152. The molecule has 0 radical (unpaired) electrons. The molecule has 0 heterocycles. The lowest BCUT2D eigenvalue weighted by atomic mass is 10.1. The molecule has 3 rings (SSSR count). The van der Waals surface area contributed by atoms with Gasteiger partial charge < -0.3 is 4.74 Å². The van der Waals surface area contributed by atoms with Crippen LogP contribution in [0.5, 0.6) is 0 Å². The molecule has 0 N–H and O–H groups in total. The SMILES string of the molecule is C=CCC(C(=O)OCc1ccccc1)N(Cc1ccccc1)Cc1ccccc1. The van der Waals surface area contributed by atoms with Gasteiger partial charge in [-0.1, -0.05) is 97.1 Å². The van der Waals surface area contributed by atoms with Gasteiger partial charge >= 0.3 is 5.97 Å². The van der Waals surface area contributed by atoms with Crippen molar-refractivity contribution in [3.05, 3.63) is 120 Å². The first-order valence-corrected chi connectivity index (χ1v) is 9.89. The Kier molecular flexibility index (Phi) is 7.79. The molecule has 1 atom stereocenters. The smallest absolute Gasteiger partial charge is 0.324 e. The zero-order valence-electron chi connectivity index (χ0n) is 16.6. The van der Waals surface area contributed by atoms with Gasteiger partial charge in [-0.3, -0.25) is 9.69 Å². The second-order valence-corrected chi connectivity index (χ2v) is 7.01. The predicted octanol–water partition coefficient (Wildman–Crippen LogP) is 5.38. The molecule has 0 saturated heterocycles. The fourth-order valence-corrected chi connectivity index (χ4v) is 3.29. The molecular weight excluding hydrogens is 358 g/mol. The summed E-state index contributed by atoms with van der Waals surface area (Å²) in [5.74, 6) is -0.222. The molecule has 3 aromatic carbocycles. The van der Waals surface area contributed by atoms with Crippen molar-refractivity contribution in [2.45, 2.75) is 32.2 Å². The van der Waals surface area contributed by atoms with E-state index in [9.17, 15) is 4.79 Å². The minimum Gasteiger partial charge on any atom is -0.460 e. The zero-order chi connectivity index (χ0) is 20.3. The Hall–Kier alpha value is -3.17. The van der Waals surface area contributed by atoms with Gasteiger partial charge in [-0.15, -0.1) is 6.58 Å². The number of nitrogens with zero attached hydrogens (tertiary/aromatic N) is 1. The first-order valence-electron chi connectivity index (χ1n) is 9.89. The third-order valence-electron chi connectivity index (χ3n) is 4.78. The van der Waals surface area contributed by atoms with Crippen molar-refractivity contribution in [2.24, 2.45) is 0 Å². The van der Waals surface area contributed by atoms with Crippen LogP contribution in [0.25, 0.3) is 0 Å². The molecule has 3 heteroatoms. The number of esters is 1. The van der Waals surface area contributed by atoms with Crippen molar-refractivity contribution in [3.8, 4) is 0 Å². The molecule has 0 saturated carbocycles. The average Bonchev–Trinajstić information content (AvgIpc) is 2.77. The lowest BCUT2D eigenvalue weighted by Crippen LogP contribution is -2.41. The van der Waals surface area contributed by atoms with E-state index in [1.54, 1.807) is 6.08 Å². The third kappa shape index (κ3) is 6.44. The van der Waals surface area contributed by atoms with Crippen LogP contribution in [0.1, 0.15) is 23.1 Å². The topological polar surface area (TPSA) is 29.5 Å². The number of hydrogen-bond acceptors (Lipinski definition) is 3. The van der Waals surface area contributed by atoms with Crippen molar-refractivity contribution in [3.63, 3.8) is 0 Å². The summed E-state index contributed by atoms with van der Waals surface area (Å²) in [6, 6.07) is 29.8. The van der Waals surface area contributed by atoms with Gasteiger partial charge in [-0.2, -0.15) is 0 Å². The summed E-state index contributed by atoms with van der Waals surface area (Å²) in [6.45, 7) is 5.46. The second kappa shape index (κ2) is 11.0. The average molecular weight is 386 g/mol. The lowest BCUT2D eigenvalue weighted by Gasteiger charge is -2.30. The molecule has 148 valence electrons. The van der Waals surface area contributed by atoms with Crippen LogP contribution in [0.3, 0.4) is 0 Å². The van der Waals surface area contributed by atoms with Gasteiger partial charge in [0.2, 0.25) is 0 Å². The van der Waals surface area contributed by atoms with E-state index in [1.807, 2.05) is 66.7 Å². The van der Waals surface area contributed by atoms with E-state index in [4.69, 9.17) is 4.74 Å². The summed E-state index contributed by atoms with van der Waals surface area (Å²) < 4.78 is 5.67. The van der Waals surface area contributed by atoms with Gasteiger partial charge in [-0.05, 0) is 23.1 Å². The summed E-state index contributed by atoms with van der Waals surface area (Å²) in [7, 11) is 0.